The van der Waals surface area contributed by atoms with E-state index in [1.807, 2.05) is 0 Å². The Kier molecular flexibility index (Phi) is 7.49. The summed E-state index contributed by atoms with van der Waals surface area (Å²) in [5.74, 6) is -1.19. The number of amides is 1. The number of nitrogens with one attached hydrogen (secondary N) is 1. The number of benzene rings is 2. The summed E-state index contributed by atoms with van der Waals surface area (Å²) >= 11 is 3.30. The van der Waals surface area contributed by atoms with Gasteiger partial charge >= 0.3 is 0 Å². The van der Waals surface area contributed by atoms with Crippen molar-refractivity contribution in [2.75, 3.05) is 25.0 Å². The standard InChI is InChI=1S/C18H19BrF2N2O2/c19-14-5-6-15(20)13(11-14)12-23(9-10-24)8-7-18(25)22-17-4-2-1-3-16(17)21/h1-6,11,24H,7-10,12H2,(H,22,25). The second-order valence-electron chi connectivity index (χ2n) is 5.51. The van der Waals surface area contributed by atoms with E-state index >= 15 is 0 Å². The van der Waals surface area contributed by atoms with Crippen LogP contribution in [0.25, 0.3) is 0 Å². The molecule has 4 nitrogen and oxygen atoms in total. The highest BCUT2D eigenvalue weighted by atomic mass is 79.9. The van der Waals surface area contributed by atoms with Gasteiger partial charge in [0.05, 0.1) is 12.3 Å². The Morgan fingerprint density at radius 3 is 2.60 bits per heavy atom. The monoisotopic (exact) mass is 412 g/mol. The number of carbonyl (C=O) groups excluding carboxylic acids is 1. The summed E-state index contributed by atoms with van der Waals surface area (Å²) in [5, 5.41) is 11.7. The molecule has 134 valence electrons. The molecule has 0 aromatic heterocycles. The van der Waals surface area contributed by atoms with Crippen molar-refractivity contribution < 1.29 is 18.7 Å². The maximum absolute atomic E-state index is 13.9. The zero-order valence-electron chi connectivity index (χ0n) is 13.5. The number of anilines is 1. The summed E-state index contributed by atoms with van der Waals surface area (Å²) in [6.07, 6.45) is 0.101. The Morgan fingerprint density at radius 1 is 1.12 bits per heavy atom. The number of carbonyl (C=O) groups is 1. The molecule has 1 amide bonds. The minimum Gasteiger partial charge on any atom is -0.395 e. The molecule has 0 radical (unpaired) electrons. The first-order chi connectivity index (χ1) is 12.0. The molecule has 0 aliphatic rings. The molecule has 0 heterocycles. The smallest absolute Gasteiger partial charge is 0.225 e. The van der Waals surface area contributed by atoms with Crippen LogP contribution in [0.2, 0.25) is 0 Å². The van der Waals surface area contributed by atoms with Gasteiger partial charge < -0.3 is 10.4 Å². The first-order valence-electron chi connectivity index (χ1n) is 7.81. The molecule has 0 aliphatic heterocycles. The number of rotatable bonds is 8. The largest absolute Gasteiger partial charge is 0.395 e. The van der Waals surface area contributed by atoms with E-state index in [2.05, 4.69) is 21.2 Å². The fraction of sp³-hybridized carbons (Fsp3) is 0.278. The minimum absolute atomic E-state index is 0.101. The second-order valence-corrected chi connectivity index (χ2v) is 6.43. The number of aliphatic hydroxyl groups is 1. The maximum atomic E-state index is 13.9. The van der Waals surface area contributed by atoms with E-state index < -0.39 is 5.82 Å². The summed E-state index contributed by atoms with van der Waals surface area (Å²) in [6.45, 7) is 0.773. The fourth-order valence-corrected chi connectivity index (χ4v) is 2.76. The third-order valence-corrected chi connectivity index (χ3v) is 4.11. The lowest BCUT2D eigenvalue weighted by atomic mass is 10.2. The summed E-state index contributed by atoms with van der Waals surface area (Å²) in [6, 6.07) is 10.6. The summed E-state index contributed by atoms with van der Waals surface area (Å²) in [4.78, 5) is 13.8. The van der Waals surface area contributed by atoms with Gasteiger partial charge in [0, 0.05) is 36.1 Å². The van der Waals surface area contributed by atoms with Crippen molar-refractivity contribution in [3.63, 3.8) is 0 Å². The van der Waals surface area contributed by atoms with Crippen molar-refractivity contribution in [1.82, 2.24) is 4.90 Å². The van der Waals surface area contributed by atoms with Crippen LogP contribution in [0.1, 0.15) is 12.0 Å². The minimum atomic E-state index is -0.501. The van der Waals surface area contributed by atoms with Gasteiger partial charge in [0.1, 0.15) is 11.6 Å². The van der Waals surface area contributed by atoms with Gasteiger partial charge in [-0.3, -0.25) is 9.69 Å². The lowest BCUT2D eigenvalue weighted by Gasteiger charge is -2.21. The van der Waals surface area contributed by atoms with E-state index in [9.17, 15) is 18.7 Å². The Labute approximate surface area is 153 Å². The van der Waals surface area contributed by atoms with E-state index in [0.717, 1.165) is 4.47 Å². The quantitative estimate of drug-likeness (QED) is 0.696. The van der Waals surface area contributed by atoms with Crippen LogP contribution in [0.5, 0.6) is 0 Å². The van der Waals surface area contributed by atoms with Crippen LogP contribution < -0.4 is 5.32 Å². The van der Waals surface area contributed by atoms with Crippen LogP contribution in [-0.2, 0) is 11.3 Å². The molecule has 0 saturated carbocycles. The number of para-hydroxylation sites is 1. The number of aliphatic hydroxyl groups excluding tert-OH is 1. The number of halogens is 3. The zero-order valence-corrected chi connectivity index (χ0v) is 15.1. The molecular formula is C18H19BrF2N2O2. The van der Waals surface area contributed by atoms with Crippen molar-refractivity contribution in [3.05, 3.63) is 64.1 Å². The zero-order chi connectivity index (χ0) is 18.2. The van der Waals surface area contributed by atoms with E-state index in [1.54, 1.807) is 29.2 Å². The van der Waals surface area contributed by atoms with Crippen LogP contribution in [0.3, 0.4) is 0 Å². The number of hydrogen-bond acceptors (Lipinski definition) is 3. The van der Waals surface area contributed by atoms with E-state index in [4.69, 9.17) is 0 Å². The van der Waals surface area contributed by atoms with Crippen molar-refractivity contribution in [2.24, 2.45) is 0 Å². The Bertz CT molecular complexity index is 728. The Hall–Kier alpha value is -1.83. The molecule has 0 saturated heterocycles. The average molecular weight is 413 g/mol. The highest BCUT2D eigenvalue weighted by molar-refractivity contribution is 9.10. The predicted octanol–water partition coefficient (Wildman–Crippen LogP) is 3.55. The van der Waals surface area contributed by atoms with Gasteiger partial charge in [-0.15, -0.1) is 0 Å². The molecule has 25 heavy (non-hydrogen) atoms. The first kappa shape index (κ1) is 19.5. The molecule has 7 heteroatoms. The molecule has 0 aliphatic carbocycles. The van der Waals surface area contributed by atoms with Crippen LogP contribution in [-0.4, -0.2) is 35.6 Å². The number of hydrogen-bond donors (Lipinski definition) is 2. The van der Waals surface area contributed by atoms with Crippen molar-refractivity contribution in [3.8, 4) is 0 Å². The Morgan fingerprint density at radius 2 is 1.88 bits per heavy atom. The highest BCUT2D eigenvalue weighted by Gasteiger charge is 2.13. The molecule has 2 aromatic rings. The lowest BCUT2D eigenvalue weighted by Crippen LogP contribution is -2.30. The van der Waals surface area contributed by atoms with E-state index in [1.165, 1.54) is 18.2 Å². The molecule has 0 spiro atoms. The molecule has 0 fully saturated rings. The van der Waals surface area contributed by atoms with Gasteiger partial charge in [-0.25, -0.2) is 8.78 Å². The van der Waals surface area contributed by atoms with Gasteiger partial charge in [0.15, 0.2) is 0 Å². The van der Waals surface area contributed by atoms with Crippen molar-refractivity contribution in [1.29, 1.82) is 0 Å². The van der Waals surface area contributed by atoms with Crippen LogP contribution >= 0.6 is 15.9 Å². The molecule has 0 bridgehead atoms. The van der Waals surface area contributed by atoms with Gasteiger partial charge in [-0.2, -0.15) is 0 Å². The third-order valence-electron chi connectivity index (χ3n) is 3.62. The summed E-state index contributed by atoms with van der Waals surface area (Å²) in [5.41, 5.74) is 0.594. The predicted molar refractivity (Wildman–Crippen MR) is 96.1 cm³/mol. The van der Waals surface area contributed by atoms with Gasteiger partial charge in [0.2, 0.25) is 5.91 Å². The van der Waals surface area contributed by atoms with Crippen LogP contribution in [0.15, 0.2) is 46.9 Å². The maximum Gasteiger partial charge on any atom is 0.225 e. The highest BCUT2D eigenvalue weighted by Crippen LogP contribution is 2.18. The molecule has 2 aromatic carbocycles. The Balaban J connectivity index is 1.93. The second kappa shape index (κ2) is 9.60. The lowest BCUT2D eigenvalue weighted by molar-refractivity contribution is -0.116. The third kappa shape index (κ3) is 6.19. The number of nitrogens with zero attached hydrogens (tertiary/aromatic N) is 1. The van der Waals surface area contributed by atoms with E-state index in [-0.39, 0.29) is 37.0 Å². The molecule has 2 rings (SSSR count). The fourth-order valence-electron chi connectivity index (χ4n) is 2.35. The molecule has 2 N–H and O–H groups in total. The summed E-state index contributed by atoms with van der Waals surface area (Å²) in [7, 11) is 0. The normalized spacial score (nSPS) is 10.9. The van der Waals surface area contributed by atoms with Crippen molar-refractivity contribution >= 4 is 27.5 Å². The van der Waals surface area contributed by atoms with Gasteiger partial charge in [-0.05, 0) is 30.3 Å². The SMILES string of the molecule is O=C(CCN(CCO)Cc1cc(Br)ccc1F)Nc1ccccc1F. The average Bonchev–Trinajstić information content (AvgIpc) is 2.58. The van der Waals surface area contributed by atoms with Crippen LogP contribution in [0, 0.1) is 11.6 Å². The topological polar surface area (TPSA) is 52.6 Å². The first-order valence-corrected chi connectivity index (χ1v) is 8.60. The summed E-state index contributed by atoms with van der Waals surface area (Å²) < 4.78 is 28.2. The van der Waals surface area contributed by atoms with Gasteiger partial charge in [-0.1, -0.05) is 28.1 Å². The molecule has 0 atom stereocenters. The molecular weight excluding hydrogens is 394 g/mol. The van der Waals surface area contributed by atoms with Crippen molar-refractivity contribution in [2.45, 2.75) is 13.0 Å². The van der Waals surface area contributed by atoms with Gasteiger partial charge in [0.25, 0.3) is 0 Å². The van der Waals surface area contributed by atoms with Crippen LogP contribution in [0.4, 0.5) is 14.5 Å². The molecule has 0 unspecified atom stereocenters. The van der Waals surface area contributed by atoms with E-state index in [0.29, 0.717) is 18.7 Å².